The molecule has 0 aromatic heterocycles. The van der Waals surface area contributed by atoms with Gasteiger partial charge in [-0.05, 0) is 12.8 Å². The number of carbonyl (C=O) groups excluding carboxylic acids is 1. The SMILES string of the molecule is O=C(CCC(F)(F)F)NC1(CBr)CCCCC1. The van der Waals surface area contributed by atoms with Crippen LogP contribution in [-0.4, -0.2) is 23.0 Å². The van der Waals surface area contributed by atoms with Gasteiger partial charge in [-0.15, -0.1) is 0 Å². The third kappa shape index (κ3) is 5.27. The summed E-state index contributed by atoms with van der Waals surface area (Å²) >= 11 is 3.35. The second kappa shape index (κ2) is 6.07. The maximum absolute atomic E-state index is 12.0. The van der Waals surface area contributed by atoms with Gasteiger partial charge >= 0.3 is 6.18 Å². The Bertz CT molecular complexity index is 262. The topological polar surface area (TPSA) is 29.1 Å². The highest BCUT2D eigenvalue weighted by Gasteiger charge is 2.34. The highest BCUT2D eigenvalue weighted by molar-refractivity contribution is 9.09. The molecule has 0 unspecified atom stereocenters. The maximum atomic E-state index is 12.0. The molecule has 0 spiro atoms. The van der Waals surface area contributed by atoms with Crippen LogP contribution in [0.15, 0.2) is 0 Å². The lowest BCUT2D eigenvalue weighted by Crippen LogP contribution is -2.51. The van der Waals surface area contributed by atoms with E-state index < -0.39 is 24.9 Å². The van der Waals surface area contributed by atoms with E-state index in [2.05, 4.69) is 21.2 Å². The molecule has 1 amide bonds. The third-order valence-electron chi connectivity index (χ3n) is 3.11. The van der Waals surface area contributed by atoms with Gasteiger partial charge in [-0.1, -0.05) is 35.2 Å². The second-order valence-corrected chi connectivity index (χ2v) is 5.20. The summed E-state index contributed by atoms with van der Waals surface area (Å²) in [4.78, 5) is 11.5. The number of amides is 1. The molecule has 17 heavy (non-hydrogen) atoms. The van der Waals surface area contributed by atoms with Crippen LogP contribution in [0, 0.1) is 0 Å². The first-order valence-corrected chi connectivity index (χ1v) is 6.93. The van der Waals surface area contributed by atoms with Crippen molar-refractivity contribution in [1.29, 1.82) is 0 Å². The first-order chi connectivity index (χ1) is 7.87. The lowest BCUT2D eigenvalue weighted by Gasteiger charge is -2.36. The summed E-state index contributed by atoms with van der Waals surface area (Å²) in [5.74, 6) is -0.497. The van der Waals surface area contributed by atoms with Crippen LogP contribution in [0.4, 0.5) is 13.2 Å². The molecule has 100 valence electrons. The van der Waals surface area contributed by atoms with Crippen LogP contribution in [0.5, 0.6) is 0 Å². The zero-order valence-corrected chi connectivity index (χ0v) is 11.2. The molecule has 1 aliphatic carbocycles. The van der Waals surface area contributed by atoms with Crippen LogP contribution in [0.1, 0.15) is 44.9 Å². The maximum Gasteiger partial charge on any atom is 0.389 e. The zero-order valence-electron chi connectivity index (χ0n) is 9.58. The molecule has 0 aliphatic heterocycles. The van der Waals surface area contributed by atoms with Crippen molar-refractivity contribution in [2.45, 2.75) is 56.7 Å². The molecule has 1 fully saturated rings. The number of nitrogens with one attached hydrogen (secondary N) is 1. The standard InChI is InChI=1S/C11H17BrF3NO/c12-8-10(5-2-1-3-6-10)16-9(17)4-7-11(13,14)15/h1-8H2,(H,16,17). The molecule has 0 aromatic carbocycles. The van der Waals surface area contributed by atoms with E-state index >= 15 is 0 Å². The molecule has 1 N–H and O–H groups in total. The Labute approximate surface area is 107 Å². The normalized spacial score (nSPS) is 20.0. The van der Waals surface area contributed by atoms with Crippen molar-refractivity contribution in [2.24, 2.45) is 0 Å². The Hall–Kier alpha value is -0.260. The van der Waals surface area contributed by atoms with Gasteiger partial charge in [0.05, 0.1) is 6.42 Å². The van der Waals surface area contributed by atoms with Crippen molar-refractivity contribution < 1.29 is 18.0 Å². The van der Waals surface area contributed by atoms with E-state index in [9.17, 15) is 18.0 Å². The van der Waals surface area contributed by atoms with Crippen molar-refractivity contribution in [3.05, 3.63) is 0 Å². The lowest BCUT2D eigenvalue weighted by molar-refractivity contribution is -0.145. The van der Waals surface area contributed by atoms with Crippen LogP contribution in [0.3, 0.4) is 0 Å². The Balaban J connectivity index is 2.42. The number of carbonyl (C=O) groups is 1. The second-order valence-electron chi connectivity index (χ2n) is 4.64. The van der Waals surface area contributed by atoms with Gasteiger partial charge in [0.15, 0.2) is 0 Å². The van der Waals surface area contributed by atoms with E-state index in [0.29, 0.717) is 5.33 Å². The molecule has 0 aromatic rings. The molecule has 0 radical (unpaired) electrons. The minimum atomic E-state index is -4.26. The summed E-state index contributed by atoms with van der Waals surface area (Å²) in [7, 11) is 0. The first kappa shape index (κ1) is 14.8. The third-order valence-corrected chi connectivity index (χ3v) is 4.18. The van der Waals surface area contributed by atoms with Crippen LogP contribution in [-0.2, 0) is 4.79 Å². The number of rotatable bonds is 4. The van der Waals surface area contributed by atoms with Crippen LogP contribution in [0.2, 0.25) is 0 Å². The molecule has 1 rings (SSSR count). The summed E-state index contributed by atoms with van der Waals surface area (Å²) in [6.07, 6.45) is -0.920. The fourth-order valence-electron chi connectivity index (χ4n) is 2.13. The Morgan fingerprint density at radius 2 is 1.82 bits per heavy atom. The van der Waals surface area contributed by atoms with Crippen LogP contribution < -0.4 is 5.32 Å². The van der Waals surface area contributed by atoms with Gasteiger partial charge in [-0.3, -0.25) is 4.79 Å². The quantitative estimate of drug-likeness (QED) is 0.790. The highest BCUT2D eigenvalue weighted by atomic mass is 79.9. The van der Waals surface area contributed by atoms with Gasteiger partial charge in [-0.25, -0.2) is 0 Å². The average Bonchev–Trinajstić information content (AvgIpc) is 2.27. The van der Waals surface area contributed by atoms with Gasteiger partial charge in [0.2, 0.25) is 5.91 Å². The van der Waals surface area contributed by atoms with E-state index in [-0.39, 0.29) is 5.54 Å². The van der Waals surface area contributed by atoms with E-state index in [4.69, 9.17) is 0 Å². The Morgan fingerprint density at radius 1 is 1.24 bits per heavy atom. The summed E-state index contributed by atoms with van der Waals surface area (Å²) in [5, 5.41) is 3.38. The summed E-state index contributed by atoms with van der Waals surface area (Å²) in [6.45, 7) is 0. The molecule has 6 heteroatoms. The molecular weight excluding hydrogens is 299 g/mol. The number of alkyl halides is 4. The van der Waals surface area contributed by atoms with Gasteiger partial charge < -0.3 is 5.32 Å². The summed E-state index contributed by atoms with van der Waals surface area (Å²) in [5.41, 5.74) is -0.332. The van der Waals surface area contributed by atoms with Crippen molar-refractivity contribution in [1.82, 2.24) is 5.32 Å². The fourth-order valence-corrected chi connectivity index (χ4v) is 2.84. The molecule has 0 bridgehead atoms. The summed E-state index contributed by atoms with van der Waals surface area (Å²) in [6, 6.07) is 0. The molecule has 1 aliphatic rings. The van der Waals surface area contributed by atoms with Crippen molar-refractivity contribution in [2.75, 3.05) is 5.33 Å². The van der Waals surface area contributed by atoms with Gasteiger partial charge in [-0.2, -0.15) is 13.2 Å². The van der Waals surface area contributed by atoms with Gasteiger partial charge in [0.25, 0.3) is 0 Å². The predicted octanol–water partition coefficient (Wildman–Crippen LogP) is 3.54. The van der Waals surface area contributed by atoms with Crippen molar-refractivity contribution in [3.8, 4) is 0 Å². The van der Waals surface area contributed by atoms with Gasteiger partial charge in [0, 0.05) is 17.3 Å². The predicted molar refractivity (Wildman–Crippen MR) is 63.0 cm³/mol. The Kier molecular flexibility index (Phi) is 5.28. The number of halogens is 4. The van der Waals surface area contributed by atoms with Crippen molar-refractivity contribution >= 4 is 21.8 Å². The molecule has 2 nitrogen and oxygen atoms in total. The first-order valence-electron chi connectivity index (χ1n) is 5.81. The minimum Gasteiger partial charge on any atom is -0.350 e. The van der Waals surface area contributed by atoms with E-state index in [1.54, 1.807) is 0 Å². The molecule has 1 saturated carbocycles. The van der Waals surface area contributed by atoms with Crippen molar-refractivity contribution in [3.63, 3.8) is 0 Å². The molecular formula is C11H17BrF3NO. The fraction of sp³-hybridized carbons (Fsp3) is 0.909. The monoisotopic (exact) mass is 315 g/mol. The summed E-state index contributed by atoms with van der Waals surface area (Å²) < 4.78 is 35.9. The molecule has 0 atom stereocenters. The van der Waals surface area contributed by atoms with Crippen LogP contribution in [0.25, 0.3) is 0 Å². The van der Waals surface area contributed by atoms with E-state index in [1.807, 2.05) is 0 Å². The molecule has 0 saturated heterocycles. The molecule has 0 heterocycles. The number of hydrogen-bond donors (Lipinski definition) is 1. The van der Waals surface area contributed by atoms with E-state index in [1.165, 1.54) is 0 Å². The average molecular weight is 316 g/mol. The minimum absolute atomic E-state index is 0.332. The van der Waals surface area contributed by atoms with Crippen LogP contribution >= 0.6 is 15.9 Å². The smallest absolute Gasteiger partial charge is 0.350 e. The lowest BCUT2D eigenvalue weighted by atomic mass is 9.83. The number of hydrogen-bond acceptors (Lipinski definition) is 1. The largest absolute Gasteiger partial charge is 0.389 e. The highest BCUT2D eigenvalue weighted by Crippen LogP contribution is 2.30. The Morgan fingerprint density at radius 3 is 2.29 bits per heavy atom. The van der Waals surface area contributed by atoms with E-state index in [0.717, 1.165) is 32.1 Å². The zero-order chi connectivity index (χ0) is 12.9. The van der Waals surface area contributed by atoms with Gasteiger partial charge in [0.1, 0.15) is 0 Å².